The zero-order valence-corrected chi connectivity index (χ0v) is 23.2. The van der Waals surface area contributed by atoms with Gasteiger partial charge in [0.2, 0.25) is 0 Å². The molecule has 2 fully saturated rings. The van der Waals surface area contributed by atoms with Crippen LogP contribution in [0.5, 0.6) is 5.75 Å². The lowest BCUT2D eigenvalue weighted by Crippen LogP contribution is -2.38. The summed E-state index contributed by atoms with van der Waals surface area (Å²) in [7, 11) is 0. The molecule has 0 spiro atoms. The number of amides is 2. The van der Waals surface area contributed by atoms with Gasteiger partial charge in [0.15, 0.2) is 5.65 Å². The second kappa shape index (κ2) is 11.9. The molecule has 2 aliphatic rings. The molecule has 4 aromatic rings. The lowest BCUT2D eigenvalue weighted by Gasteiger charge is -2.32. The van der Waals surface area contributed by atoms with Crippen molar-refractivity contribution in [1.29, 1.82) is 0 Å². The van der Waals surface area contributed by atoms with Gasteiger partial charge in [-0.15, -0.1) is 13.2 Å². The Bertz CT molecular complexity index is 1580. The highest BCUT2D eigenvalue weighted by Crippen LogP contribution is 2.34. The number of carbonyl (C=O) groups excluding carboxylic acids is 2. The first kappa shape index (κ1) is 28.5. The number of piperidine rings is 1. The van der Waals surface area contributed by atoms with Gasteiger partial charge in [-0.3, -0.25) is 4.79 Å². The molecule has 1 N–H and O–H groups in total. The van der Waals surface area contributed by atoms with Crippen molar-refractivity contribution in [3.8, 4) is 5.75 Å². The topological polar surface area (TPSA) is 101 Å². The number of rotatable bonds is 6. The number of hydrogen-bond donors (Lipinski definition) is 1. The Hall–Kier alpha value is -4.61. The van der Waals surface area contributed by atoms with E-state index in [1.54, 1.807) is 16.0 Å². The zero-order valence-electron chi connectivity index (χ0n) is 23.2. The van der Waals surface area contributed by atoms with E-state index in [9.17, 15) is 22.8 Å². The summed E-state index contributed by atoms with van der Waals surface area (Å²) in [5.74, 6) is 0.405. The van der Waals surface area contributed by atoms with Gasteiger partial charge in [-0.1, -0.05) is 30.3 Å². The lowest BCUT2D eigenvalue weighted by atomic mass is 9.89. The number of hydrogen-bond acceptors (Lipinski definition) is 6. The van der Waals surface area contributed by atoms with Crippen LogP contribution < -0.4 is 4.74 Å². The van der Waals surface area contributed by atoms with E-state index in [-0.39, 0.29) is 36.2 Å². The number of alkyl halides is 3. The van der Waals surface area contributed by atoms with Gasteiger partial charge in [-0.05, 0) is 66.6 Å². The first-order chi connectivity index (χ1) is 20.7. The summed E-state index contributed by atoms with van der Waals surface area (Å²) < 4.78 is 46.7. The lowest BCUT2D eigenvalue weighted by molar-refractivity contribution is -0.274. The Kier molecular flexibility index (Phi) is 7.92. The summed E-state index contributed by atoms with van der Waals surface area (Å²) >= 11 is 0. The number of pyridine rings is 1. The quantitative estimate of drug-likeness (QED) is 0.294. The Labute approximate surface area is 245 Å². The van der Waals surface area contributed by atoms with E-state index in [1.807, 2.05) is 36.4 Å². The maximum Gasteiger partial charge on any atom is 0.573 e. The van der Waals surface area contributed by atoms with E-state index in [0.717, 1.165) is 41.0 Å². The normalized spacial score (nSPS) is 17.8. The first-order valence-corrected chi connectivity index (χ1v) is 14.2. The third-order valence-electron chi connectivity index (χ3n) is 8.03. The van der Waals surface area contributed by atoms with E-state index in [0.29, 0.717) is 50.2 Å². The highest BCUT2D eigenvalue weighted by molar-refractivity contribution is 5.94. The Morgan fingerprint density at radius 2 is 1.60 bits per heavy atom. The second-order valence-electron chi connectivity index (χ2n) is 10.8. The molecule has 6 rings (SSSR count). The molecule has 12 heteroatoms. The number of likely N-dealkylation sites (tertiary alicyclic amines) is 2. The van der Waals surface area contributed by atoms with Gasteiger partial charge >= 0.3 is 12.5 Å². The first-order valence-electron chi connectivity index (χ1n) is 14.2. The van der Waals surface area contributed by atoms with Crippen molar-refractivity contribution in [1.82, 2.24) is 24.8 Å². The second-order valence-corrected chi connectivity index (χ2v) is 10.8. The van der Waals surface area contributed by atoms with Crippen molar-refractivity contribution in [2.45, 2.75) is 44.1 Å². The predicted molar refractivity (Wildman–Crippen MR) is 150 cm³/mol. The monoisotopic (exact) mass is 593 g/mol. The number of fused-ring (bicyclic) bond motifs is 1. The fourth-order valence-electron chi connectivity index (χ4n) is 5.81. The van der Waals surface area contributed by atoms with Gasteiger partial charge in [0.05, 0.1) is 0 Å². The summed E-state index contributed by atoms with van der Waals surface area (Å²) in [6, 6.07) is 16.5. The standard InChI is InChI=1S/C31H30F3N5O4/c32-31(33,34)43-24-8-6-22(7-9-24)29(40)38-15-11-21(12-16-38)25-10-14-35-28-26(25)36-27(37-28)23-13-17-39(18-23)30(41)42-19-20-4-2-1-3-5-20/h1-10,14,21,23H,11-13,15-19H2,(H,35,36,37)/t23-/m1/s1. The van der Waals surface area contributed by atoms with Crippen molar-refractivity contribution >= 4 is 23.2 Å². The van der Waals surface area contributed by atoms with Gasteiger partial charge in [0, 0.05) is 43.9 Å². The van der Waals surface area contributed by atoms with Crippen LogP contribution in [-0.2, 0) is 11.3 Å². The molecule has 2 aromatic heterocycles. The number of halogens is 3. The predicted octanol–water partition coefficient (Wildman–Crippen LogP) is 6.00. The molecule has 0 aliphatic carbocycles. The van der Waals surface area contributed by atoms with E-state index in [4.69, 9.17) is 9.72 Å². The van der Waals surface area contributed by atoms with Crippen LogP contribution in [0.2, 0.25) is 0 Å². The summed E-state index contributed by atoms with van der Waals surface area (Å²) in [6.45, 7) is 2.33. The van der Waals surface area contributed by atoms with Crippen LogP contribution in [0.3, 0.4) is 0 Å². The number of benzene rings is 2. The van der Waals surface area contributed by atoms with Crippen LogP contribution in [0.1, 0.15) is 58.4 Å². The highest BCUT2D eigenvalue weighted by Gasteiger charge is 2.33. The summed E-state index contributed by atoms with van der Waals surface area (Å²) in [5, 5.41) is 0. The van der Waals surface area contributed by atoms with Gasteiger partial charge in [-0.25, -0.2) is 14.8 Å². The maximum atomic E-state index is 13.0. The molecular weight excluding hydrogens is 563 g/mol. The zero-order chi connectivity index (χ0) is 30.0. The molecule has 1 atom stereocenters. The minimum Gasteiger partial charge on any atom is -0.445 e. The van der Waals surface area contributed by atoms with Crippen LogP contribution in [0.4, 0.5) is 18.0 Å². The van der Waals surface area contributed by atoms with Crippen LogP contribution in [0.25, 0.3) is 11.2 Å². The molecule has 43 heavy (non-hydrogen) atoms. The third kappa shape index (κ3) is 6.58. The molecule has 2 aromatic carbocycles. The minimum absolute atomic E-state index is 0.0405. The molecule has 0 unspecified atom stereocenters. The van der Waals surface area contributed by atoms with Gasteiger partial charge in [0.25, 0.3) is 5.91 Å². The SMILES string of the molecule is O=C(OCc1ccccc1)N1CC[C@@H](c2nc3c(C4CCN(C(=O)c5ccc(OC(F)(F)F)cc5)CC4)ccnc3[nH]2)C1. The molecule has 2 saturated heterocycles. The molecule has 0 radical (unpaired) electrons. The summed E-state index contributed by atoms with van der Waals surface area (Å²) in [5.41, 5.74) is 3.80. The number of carbonyl (C=O) groups is 2. The van der Waals surface area contributed by atoms with Crippen molar-refractivity contribution < 1.29 is 32.2 Å². The number of aromatic nitrogens is 3. The van der Waals surface area contributed by atoms with E-state index >= 15 is 0 Å². The number of nitrogens with zero attached hydrogens (tertiary/aromatic N) is 4. The van der Waals surface area contributed by atoms with Gasteiger partial charge in [-0.2, -0.15) is 0 Å². The minimum atomic E-state index is -4.78. The van der Waals surface area contributed by atoms with Crippen LogP contribution in [0.15, 0.2) is 66.9 Å². The molecule has 0 bridgehead atoms. The largest absolute Gasteiger partial charge is 0.573 e. The van der Waals surface area contributed by atoms with Crippen LogP contribution >= 0.6 is 0 Å². The van der Waals surface area contributed by atoms with Crippen molar-refractivity contribution in [2.24, 2.45) is 0 Å². The van der Waals surface area contributed by atoms with E-state index < -0.39 is 6.36 Å². The smallest absolute Gasteiger partial charge is 0.445 e. The molecule has 224 valence electrons. The van der Waals surface area contributed by atoms with Crippen LogP contribution in [-0.4, -0.2) is 69.3 Å². The fourth-order valence-corrected chi connectivity index (χ4v) is 5.81. The number of imidazole rings is 1. The van der Waals surface area contributed by atoms with Crippen molar-refractivity contribution in [3.05, 3.63) is 89.4 Å². The third-order valence-corrected chi connectivity index (χ3v) is 8.03. The van der Waals surface area contributed by atoms with Gasteiger partial charge in [0.1, 0.15) is 23.7 Å². The van der Waals surface area contributed by atoms with E-state index in [2.05, 4.69) is 14.7 Å². The Morgan fingerprint density at radius 1 is 0.907 bits per heavy atom. The van der Waals surface area contributed by atoms with Gasteiger partial charge < -0.3 is 24.3 Å². The Balaban J connectivity index is 1.06. The number of nitrogens with one attached hydrogen (secondary N) is 1. The highest BCUT2D eigenvalue weighted by atomic mass is 19.4. The summed E-state index contributed by atoms with van der Waals surface area (Å²) in [4.78, 5) is 41.8. The van der Waals surface area contributed by atoms with Crippen molar-refractivity contribution in [2.75, 3.05) is 26.2 Å². The number of aromatic amines is 1. The number of ether oxygens (including phenoxy) is 2. The van der Waals surface area contributed by atoms with E-state index in [1.165, 1.54) is 12.1 Å². The molecular formula is C31H30F3N5O4. The molecule has 2 aliphatic heterocycles. The summed E-state index contributed by atoms with van der Waals surface area (Å²) in [6.07, 6.45) is -1.18. The number of H-pyrrole nitrogens is 1. The maximum absolute atomic E-state index is 13.0. The average molecular weight is 594 g/mol. The molecule has 2 amide bonds. The Morgan fingerprint density at radius 3 is 2.33 bits per heavy atom. The molecule has 0 saturated carbocycles. The molecule has 9 nitrogen and oxygen atoms in total. The fraction of sp³-hybridized carbons (Fsp3) is 0.355. The van der Waals surface area contributed by atoms with Crippen molar-refractivity contribution in [3.63, 3.8) is 0 Å². The van der Waals surface area contributed by atoms with Crippen LogP contribution in [0, 0.1) is 0 Å². The molecule has 4 heterocycles. The average Bonchev–Trinajstić information content (AvgIpc) is 3.68.